The summed E-state index contributed by atoms with van der Waals surface area (Å²) in [5.74, 6) is -0.507. The normalized spacial score (nSPS) is 19.4. The molecule has 1 fully saturated rings. The second-order valence-electron chi connectivity index (χ2n) is 7.65. The molecule has 9 heteroatoms. The van der Waals surface area contributed by atoms with Crippen LogP contribution in [0, 0.1) is 0 Å². The Morgan fingerprint density at radius 1 is 1.03 bits per heavy atom. The lowest BCUT2D eigenvalue weighted by molar-refractivity contribution is -0.136. The fraction of sp³-hybridized carbons (Fsp3) is 0.304. The summed E-state index contributed by atoms with van der Waals surface area (Å²) in [7, 11) is 1.33. The van der Waals surface area contributed by atoms with Crippen LogP contribution in [0.25, 0.3) is 0 Å². The van der Waals surface area contributed by atoms with Crippen LogP contribution in [0.3, 0.4) is 0 Å². The summed E-state index contributed by atoms with van der Waals surface area (Å²) in [5, 5.41) is 6.81. The number of esters is 1. The van der Waals surface area contributed by atoms with Gasteiger partial charge in [0.15, 0.2) is 0 Å². The first kappa shape index (κ1) is 22.5. The Morgan fingerprint density at radius 2 is 1.69 bits per heavy atom. The van der Waals surface area contributed by atoms with Crippen LogP contribution in [0.2, 0.25) is 10.0 Å². The van der Waals surface area contributed by atoms with Crippen molar-refractivity contribution >= 4 is 40.9 Å². The van der Waals surface area contributed by atoms with Crippen LogP contribution < -0.4 is 15.5 Å². The fourth-order valence-electron chi connectivity index (χ4n) is 4.11. The summed E-state index contributed by atoms with van der Waals surface area (Å²) in [6.45, 7) is 3.48. The fourth-order valence-corrected chi connectivity index (χ4v) is 4.61. The van der Waals surface area contributed by atoms with Gasteiger partial charge in [0.25, 0.3) is 0 Å². The zero-order valence-electron chi connectivity index (χ0n) is 17.6. The number of amides is 2. The molecule has 0 aromatic heterocycles. The van der Waals surface area contributed by atoms with Gasteiger partial charge in [-0.2, -0.15) is 0 Å². The Kier molecular flexibility index (Phi) is 6.89. The Balaban J connectivity index is 1.56. The van der Waals surface area contributed by atoms with Gasteiger partial charge in [-0.25, -0.2) is 9.59 Å². The van der Waals surface area contributed by atoms with Gasteiger partial charge in [-0.1, -0.05) is 53.5 Å². The van der Waals surface area contributed by atoms with E-state index in [4.69, 9.17) is 27.9 Å². The zero-order valence-corrected chi connectivity index (χ0v) is 19.1. The van der Waals surface area contributed by atoms with E-state index >= 15 is 0 Å². The van der Waals surface area contributed by atoms with Crippen molar-refractivity contribution in [2.45, 2.75) is 6.04 Å². The minimum Gasteiger partial charge on any atom is -0.466 e. The Hall–Kier alpha value is -2.74. The monoisotopic (exact) mass is 474 g/mol. The number of nitrogens with one attached hydrogen (secondary N) is 2. The molecule has 2 heterocycles. The highest BCUT2D eigenvalue weighted by molar-refractivity contribution is 6.33. The number of methoxy groups -OCH3 is 1. The van der Waals surface area contributed by atoms with Crippen molar-refractivity contribution in [1.82, 2.24) is 15.5 Å². The van der Waals surface area contributed by atoms with E-state index in [2.05, 4.69) is 20.4 Å². The number of halogens is 2. The molecule has 1 unspecified atom stereocenters. The third-order valence-corrected chi connectivity index (χ3v) is 6.39. The van der Waals surface area contributed by atoms with Gasteiger partial charge < -0.3 is 20.3 Å². The maximum Gasteiger partial charge on any atom is 0.338 e. The van der Waals surface area contributed by atoms with Gasteiger partial charge in [0, 0.05) is 43.4 Å². The van der Waals surface area contributed by atoms with Gasteiger partial charge >= 0.3 is 12.0 Å². The molecule has 0 radical (unpaired) electrons. The van der Waals surface area contributed by atoms with Crippen LogP contribution in [0.4, 0.5) is 10.5 Å². The maximum atomic E-state index is 12.7. The van der Waals surface area contributed by atoms with E-state index < -0.39 is 12.0 Å². The quantitative estimate of drug-likeness (QED) is 0.647. The van der Waals surface area contributed by atoms with Crippen molar-refractivity contribution in [2.24, 2.45) is 0 Å². The van der Waals surface area contributed by atoms with Gasteiger partial charge in [0.05, 0.1) is 29.4 Å². The molecule has 168 valence electrons. The molecule has 4 rings (SSSR count). The average molecular weight is 475 g/mol. The first-order valence-electron chi connectivity index (χ1n) is 10.3. The molecular weight excluding hydrogens is 451 g/mol. The minimum atomic E-state index is -0.690. The van der Waals surface area contributed by atoms with Gasteiger partial charge in [0.2, 0.25) is 0 Å². The van der Waals surface area contributed by atoms with Crippen molar-refractivity contribution in [1.29, 1.82) is 0 Å². The summed E-state index contributed by atoms with van der Waals surface area (Å²) < 4.78 is 5.05. The Bertz CT molecular complexity index is 1050. The third-order valence-electron chi connectivity index (χ3n) is 5.72. The van der Waals surface area contributed by atoms with Crippen molar-refractivity contribution in [3.63, 3.8) is 0 Å². The van der Waals surface area contributed by atoms with Crippen LogP contribution in [0.5, 0.6) is 0 Å². The molecule has 0 spiro atoms. The summed E-state index contributed by atoms with van der Waals surface area (Å²) in [5.41, 5.74) is 2.54. The number of rotatable bonds is 5. The Morgan fingerprint density at radius 3 is 2.34 bits per heavy atom. The van der Waals surface area contributed by atoms with E-state index in [-0.39, 0.29) is 6.03 Å². The third kappa shape index (κ3) is 4.70. The second-order valence-corrected chi connectivity index (χ2v) is 8.47. The predicted octanol–water partition coefficient (Wildman–Crippen LogP) is 3.60. The van der Waals surface area contributed by atoms with Gasteiger partial charge in [-0.15, -0.1) is 0 Å². The molecule has 1 saturated heterocycles. The van der Waals surface area contributed by atoms with E-state index in [0.29, 0.717) is 28.4 Å². The van der Waals surface area contributed by atoms with Crippen LogP contribution in [0.15, 0.2) is 59.8 Å². The van der Waals surface area contributed by atoms with Crippen LogP contribution >= 0.6 is 23.2 Å². The SMILES string of the molecule is COC(=O)C1=C(CN2CCN(c3ccccc3Cl)CC2)NC(=O)NC1c1ccccc1Cl. The number of benzene rings is 2. The van der Waals surface area contributed by atoms with Gasteiger partial charge in [0.1, 0.15) is 0 Å². The molecule has 7 nitrogen and oxygen atoms in total. The van der Waals surface area contributed by atoms with Crippen molar-refractivity contribution in [3.05, 3.63) is 75.4 Å². The highest BCUT2D eigenvalue weighted by Crippen LogP contribution is 2.32. The zero-order chi connectivity index (χ0) is 22.7. The summed E-state index contributed by atoms with van der Waals surface area (Å²) >= 11 is 12.7. The number of ether oxygens (including phenoxy) is 1. The topological polar surface area (TPSA) is 73.9 Å². The standard InChI is InChI=1S/C23H24Cl2N4O3/c1-32-22(30)20-18(26-23(31)27-21(20)15-6-2-3-7-16(15)24)14-28-10-12-29(13-11-28)19-9-5-4-8-17(19)25/h2-9,21H,10-14H2,1H3,(H2,26,27,31). The summed E-state index contributed by atoms with van der Waals surface area (Å²) in [6.07, 6.45) is 0. The number of carbonyl (C=O) groups is 2. The molecule has 2 amide bonds. The van der Waals surface area contributed by atoms with Gasteiger partial charge in [-0.05, 0) is 23.8 Å². The molecule has 2 aromatic carbocycles. The lowest BCUT2D eigenvalue weighted by Crippen LogP contribution is -2.51. The molecule has 2 aliphatic heterocycles. The minimum absolute atomic E-state index is 0.355. The molecule has 2 N–H and O–H groups in total. The average Bonchev–Trinajstić information content (AvgIpc) is 2.79. The molecule has 1 atom stereocenters. The molecule has 2 aliphatic rings. The highest BCUT2D eigenvalue weighted by Gasteiger charge is 2.35. The number of piperazine rings is 1. The number of para-hydroxylation sites is 1. The van der Waals surface area contributed by atoms with Crippen molar-refractivity contribution in [2.75, 3.05) is 44.7 Å². The predicted molar refractivity (Wildman–Crippen MR) is 125 cm³/mol. The first-order valence-corrected chi connectivity index (χ1v) is 11.1. The number of urea groups is 1. The molecule has 0 aliphatic carbocycles. The highest BCUT2D eigenvalue weighted by atomic mass is 35.5. The van der Waals surface area contributed by atoms with Gasteiger partial charge in [-0.3, -0.25) is 4.90 Å². The van der Waals surface area contributed by atoms with E-state index in [1.54, 1.807) is 18.2 Å². The number of hydrogen-bond acceptors (Lipinski definition) is 5. The van der Waals surface area contributed by atoms with Crippen molar-refractivity contribution in [3.8, 4) is 0 Å². The lowest BCUT2D eigenvalue weighted by Gasteiger charge is -2.38. The second kappa shape index (κ2) is 9.81. The molecule has 2 aromatic rings. The van der Waals surface area contributed by atoms with E-state index in [0.717, 1.165) is 36.9 Å². The van der Waals surface area contributed by atoms with E-state index in [9.17, 15) is 9.59 Å². The van der Waals surface area contributed by atoms with Crippen LogP contribution in [-0.2, 0) is 9.53 Å². The first-order chi connectivity index (χ1) is 15.5. The smallest absolute Gasteiger partial charge is 0.338 e. The summed E-state index contributed by atoms with van der Waals surface area (Å²) in [4.78, 5) is 29.6. The van der Waals surface area contributed by atoms with E-state index in [1.807, 2.05) is 30.3 Å². The maximum absolute atomic E-state index is 12.7. The number of anilines is 1. The lowest BCUT2D eigenvalue weighted by atomic mass is 9.95. The Labute approximate surface area is 196 Å². The molecule has 32 heavy (non-hydrogen) atoms. The van der Waals surface area contributed by atoms with Crippen molar-refractivity contribution < 1.29 is 14.3 Å². The number of carbonyl (C=O) groups excluding carboxylic acids is 2. The number of hydrogen-bond donors (Lipinski definition) is 2. The van der Waals surface area contributed by atoms with Crippen LogP contribution in [-0.4, -0.2) is 56.7 Å². The molecule has 0 saturated carbocycles. The number of nitrogens with zero attached hydrogens (tertiary/aromatic N) is 2. The molecular formula is C23H24Cl2N4O3. The van der Waals surface area contributed by atoms with Crippen LogP contribution in [0.1, 0.15) is 11.6 Å². The largest absolute Gasteiger partial charge is 0.466 e. The molecule has 0 bridgehead atoms. The van der Waals surface area contributed by atoms with E-state index in [1.165, 1.54) is 7.11 Å². The summed E-state index contributed by atoms with van der Waals surface area (Å²) in [6, 6.07) is 13.9.